The molecule has 28 heavy (non-hydrogen) atoms. The summed E-state index contributed by atoms with van der Waals surface area (Å²) in [7, 11) is 1.73. The summed E-state index contributed by atoms with van der Waals surface area (Å²) in [4.78, 5) is 16.3. The molecule has 0 saturated heterocycles. The van der Waals surface area contributed by atoms with E-state index >= 15 is 0 Å². The number of nitrogens with zero attached hydrogens (tertiary/aromatic N) is 1. The fourth-order valence-corrected chi connectivity index (χ4v) is 2.52. The predicted octanol–water partition coefficient (Wildman–Crippen LogP) is 2.69. The number of carbonyl (C=O) groups is 1. The highest BCUT2D eigenvalue weighted by atomic mass is 16.5. The molecule has 1 aromatic heterocycles. The number of amides is 1. The number of guanidine groups is 1. The Morgan fingerprint density at radius 3 is 2.79 bits per heavy atom. The van der Waals surface area contributed by atoms with E-state index in [2.05, 4.69) is 20.9 Å². The largest absolute Gasteiger partial charge is 0.467 e. The van der Waals surface area contributed by atoms with Gasteiger partial charge in [-0.15, -0.1) is 0 Å². The summed E-state index contributed by atoms with van der Waals surface area (Å²) in [6, 6.07) is 11.3. The molecule has 0 aliphatic heterocycles. The van der Waals surface area contributed by atoms with E-state index in [9.17, 15) is 4.79 Å². The fraction of sp³-hybridized carbons (Fsp3) is 0.429. The number of rotatable bonds is 11. The monoisotopic (exact) mass is 386 g/mol. The first-order valence-corrected chi connectivity index (χ1v) is 9.64. The van der Waals surface area contributed by atoms with Crippen LogP contribution in [0.5, 0.6) is 0 Å². The molecule has 0 aliphatic carbocycles. The molecule has 7 heteroatoms. The van der Waals surface area contributed by atoms with Gasteiger partial charge in [0.1, 0.15) is 12.4 Å². The van der Waals surface area contributed by atoms with Crippen LogP contribution in [0.4, 0.5) is 0 Å². The quantitative estimate of drug-likeness (QED) is 0.314. The van der Waals surface area contributed by atoms with Crippen molar-refractivity contribution in [3.05, 3.63) is 59.5 Å². The second-order valence-electron chi connectivity index (χ2n) is 6.29. The Balaban J connectivity index is 1.66. The van der Waals surface area contributed by atoms with Crippen molar-refractivity contribution in [2.24, 2.45) is 4.99 Å². The first-order chi connectivity index (χ1) is 13.7. The summed E-state index contributed by atoms with van der Waals surface area (Å²) >= 11 is 0. The molecule has 0 fully saturated rings. The molecule has 2 rings (SSSR count). The lowest BCUT2D eigenvalue weighted by atomic mass is 10.1. The highest BCUT2D eigenvalue weighted by molar-refractivity contribution is 5.94. The highest BCUT2D eigenvalue weighted by Crippen LogP contribution is 2.05. The number of ether oxygens (including phenoxy) is 1. The highest BCUT2D eigenvalue weighted by Gasteiger charge is 2.06. The molecule has 0 spiro atoms. The van der Waals surface area contributed by atoms with Crippen molar-refractivity contribution in [1.82, 2.24) is 16.0 Å². The van der Waals surface area contributed by atoms with Gasteiger partial charge in [-0.3, -0.25) is 9.79 Å². The van der Waals surface area contributed by atoms with Gasteiger partial charge in [0.05, 0.1) is 6.26 Å². The Labute approximate surface area is 166 Å². The zero-order valence-corrected chi connectivity index (χ0v) is 16.7. The van der Waals surface area contributed by atoms with E-state index < -0.39 is 0 Å². The summed E-state index contributed by atoms with van der Waals surface area (Å²) in [5, 5.41) is 9.41. The minimum absolute atomic E-state index is 0.0410. The molecule has 1 heterocycles. The minimum atomic E-state index is -0.0410. The van der Waals surface area contributed by atoms with E-state index in [-0.39, 0.29) is 5.91 Å². The van der Waals surface area contributed by atoms with Crippen molar-refractivity contribution in [3.63, 3.8) is 0 Å². The zero-order chi connectivity index (χ0) is 20.0. The van der Waals surface area contributed by atoms with Crippen LogP contribution in [0, 0.1) is 0 Å². The van der Waals surface area contributed by atoms with Crippen LogP contribution in [0.3, 0.4) is 0 Å². The molecule has 0 unspecified atom stereocenters. The van der Waals surface area contributed by atoms with Gasteiger partial charge in [0.25, 0.3) is 5.91 Å². The maximum Gasteiger partial charge on any atom is 0.251 e. The maximum atomic E-state index is 12.1. The number of nitrogens with one attached hydrogen (secondary N) is 3. The third-order valence-corrected chi connectivity index (χ3v) is 3.99. The maximum absolute atomic E-state index is 12.1. The molecular weight excluding hydrogens is 356 g/mol. The van der Waals surface area contributed by atoms with Crippen LogP contribution < -0.4 is 16.0 Å². The topological polar surface area (TPSA) is 87.9 Å². The third kappa shape index (κ3) is 7.84. The van der Waals surface area contributed by atoms with E-state index in [0.29, 0.717) is 37.8 Å². The van der Waals surface area contributed by atoms with Crippen molar-refractivity contribution >= 4 is 11.9 Å². The van der Waals surface area contributed by atoms with Crippen molar-refractivity contribution in [3.8, 4) is 0 Å². The van der Waals surface area contributed by atoms with Gasteiger partial charge >= 0.3 is 0 Å². The lowest BCUT2D eigenvalue weighted by Crippen LogP contribution is -2.37. The third-order valence-electron chi connectivity index (χ3n) is 3.99. The van der Waals surface area contributed by atoms with Gasteiger partial charge in [-0.05, 0) is 42.7 Å². The second kappa shape index (κ2) is 12.6. The normalized spacial score (nSPS) is 11.3. The van der Waals surface area contributed by atoms with Crippen molar-refractivity contribution < 1.29 is 13.9 Å². The number of carbonyl (C=O) groups excluding carboxylic acids is 1. The predicted molar refractivity (Wildman–Crippen MR) is 110 cm³/mol. The molecule has 0 bridgehead atoms. The van der Waals surface area contributed by atoms with Gasteiger partial charge < -0.3 is 25.1 Å². The molecule has 7 nitrogen and oxygen atoms in total. The van der Waals surface area contributed by atoms with Crippen LogP contribution in [0.15, 0.2) is 52.1 Å². The lowest BCUT2D eigenvalue weighted by molar-refractivity contribution is 0.0953. The molecule has 0 saturated carbocycles. The van der Waals surface area contributed by atoms with Crippen LogP contribution in [0.25, 0.3) is 0 Å². The van der Waals surface area contributed by atoms with Crippen LogP contribution in [0.2, 0.25) is 0 Å². The van der Waals surface area contributed by atoms with E-state index in [1.54, 1.807) is 13.3 Å². The van der Waals surface area contributed by atoms with E-state index in [1.165, 1.54) is 0 Å². The van der Waals surface area contributed by atoms with Crippen LogP contribution in [-0.4, -0.2) is 38.6 Å². The molecule has 0 radical (unpaired) electrons. The van der Waals surface area contributed by atoms with Crippen LogP contribution in [0.1, 0.15) is 41.4 Å². The molecule has 3 N–H and O–H groups in total. The molecule has 2 aromatic rings. The van der Waals surface area contributed by atoms with E-state index in [1.807, 2.05) is 43.3 Å². The SMILES string of the molecule is CCCNC(=O)c1cccc(CNC(=NC)NCCCOCc2ccco2)c1. The van der Waals surface area contributed by atoms with Gasteiger partial charge in [0.15, 0.2) is 5.96 Å². The number of benzene rings is 1. The lowest BCUT2D eigenvalue weighted by Gasteiger charge is -2.12. The summed E-state index contributed by atoms with van der Waals surface area (Å²) < 4.78 is 10.8. The number of hydrogen-bond acceptors (Lipinski definition) is 4. The minimum Gasteiger partial charge on any atom is -0.467 e. The first-order valence-electron chi connectivity index (χ1n) is 9.64. The van der Waals surface area contributed by atoms with Crippen LogP contribution in [-0.2, 0) is 17.9 Å². The molecule has 1 amide bonds. The number of furan rings is 1. The van der Waals surface area contributed by atoms with Gasteiger partial charge in [-0.1, -0.05) is 19.1 Å². The van der Waals surface area contributed by atoms with Gasteiger partial charge in [0, 0.05) is 38.9 Å². The molecule has 0 aliphatic rings. The fourth-order valence-electron chi connectivity index (χ4n) is 2.52. The molecular formula is C21H30N4O3. The van der Waals surface area contributed by atoms with E-state index in [4.69, 9.17) is 9.15 Å². The van der Waals surface area contributed by atoms with Crippen molar-refractivity contribution in [1.29, 1.82) is 0 Å². The molecule has 1 aromatic carbocycles. The zero-order valence-electron chi connectivity index (χ0n) is 16.7. The summed E-state index contributed by atoms with van der Waals surface area (Å²) in [6.45, 7) is 5.18. The van der Waals surface area contributed by atoms with Crippen molar-refractivity contribution in [2.45, 2.75) is 32.9 Å². The van der Waals surface area contributed by atoms with Gasteiger partial charge in [-0.2, -0.15) is 0 Å². The smallest absolute Gasteiger partial charge is 0.251 e. The van der Waals surface area contributed by atoms with Gasteiger partial charge in [0.2, 0.25) is 0 Å². The summed E-state index contributed by atoms with van der Waals surface area (Å²) in [5.41, 5.74) is 1.69. The summed E-state index contributed by atoms with van der Waals surface area (Å²) in [6.07, 6.45) is 3.42. The average Bonchev–Trinajstić information content (AvgIpc) is 3.24. The first kappa shape index (κ1) is 21.5. The Morgan fingerprint density at radius 1 is 1.14 bits per heavy atom. The number of aliphatic imine (C=N–C) groups is 1. The van der Waals surface area contributed by atoms with E-state index in [0.717, 1.165) is 30.7 Å². The second-order valence-corrected chi connectivity index (χ2v) is 6.29. The average molecular weight is 386 g/mol. The Morgan fingerprint density at radius 2 is 2.04 bits per heavy atom. The Hall–Kier alpha value is -2.80. The Kier molecular flexibility index (Phi) is 9.65. The van der Waals surface area contributed by atoms with Crippen molar-refractivity contribution in [2.75, 3.05) is 26.7 Å². The standard InChI is InChI=1S/C21H30N4O3/c1-3-10-23-20(26)18-8-4-7-17(14-18)15-25-21(22-2)24-11-6-12-27-16-19-9-5-13-28-19/h4-5,7-9,13-14H,3,6,10-12,15-16H2,1-2H3,(H,23,26)(H2,22,24,25). The molecule has 0 atom stereocenters. The van der Waals surface area contributed by atoms with Gasteiger partial charge in [-0.25, -0.2) is 0 Å². The summed E-state index contributed by atoms with van der Waals surface area (Å²) in [5.74, 6) is 1.50. The Bertz CT molecular complexity index is 729. The number of hydrogen-bond donors (Lipinski definition) is 3. The molecule has 152 valence electrons. The van der Waals surface area contributed by atoms with Crippen LogP contribution >= 0.6 is 0 Å².